The number of hydrogen-bond acceptors (Lipinski definition) is 4. The molecular formula is C19H20N4O3. The number of anilines is 2. The maximum Gasteiger partial charge on any atom is 0.323 e. The van der Waals surface area contributed by atoms with Crippen LogP contribution in [0.5, 0.6) is 11.5 Å². The molecule has 0 spiro atoms. The van der Waals surface area contributed by atoms with Crippen LogP contribution in [0.2, 0.25) is 0 Å². The molecule has 2 amide bonds. The number of nitrogens with zero attached hydrogens (tertiary/aromatic N) is 1. The number of hydrogen-bond donors (Lipinski definition) is 3. The molecule has 0 saturated heterocycles. The van der Waals surface area contributed by atoms with Gasteiger partial charge in [-0.1, -0.05) is 12.1 Å². The van der Waals surface area contributed by atoms with Gasteiger partial charge in [0.2, 0.25) is 0 Å². The number of amides is 2. The summed E-state index contributed by atoms with van der Waals surface area (Å²) in [7, 11) is 3.20. The number of ether oxygens (including phenoxy) is 2. The minimum atomic E-state index is -0.358. The molecule has 1 aromatic heterocycles. The van der Waals surface area contributed by atoms with Gasteiger partial charge in [0.1, 0.15) is 17.2 Å². The van der Waals surface area contributed by atoms with Gasteiger partial charge in [-0.2, -0.15) is 5.10 Å². The van der Waals surface area contributed by atoms with Crippen molar-refractivity contribution in [1.82, 2.24) is 10.2 Å². The topological polar surface area (TPSA) is 88.3 Å². The molecule has 3 rings (SSSR count). The molecule has 3 aromatic rings. The number of carbonyl (C=O) groups excluding carboxylic acids is 1. The Morgan fingerprint density at radius 1 is 1.00 bits per heavy atom. The Kier molecular flexibility index (Phi) is 5.07. The number of H-pyrrole nitrogens is 1. The maximum absolute atomic E-state index is 12.4. The van der Waals surface area contributed by atoms with Crippen LogP contribution in [-0.4, -0.2) is 30.4 Å². The summed E-state index contributed by atoms with van der Waals surface area (Å²) in [6.45, 7) is 1.85. The van der Waals surface area contributed by atoms with Crippen LogP contribution in [0.15, 0.2) is 48.5 Å². The second-order valence-corrected chi connectivity index (χ2v) is 5.61. The van der Waals surface area contributed by atoms with E-state index in [9.17, 15) is 4.79 Å². The van der Waals surface area contributed by atoms with Gasteiger partial charge in [-0.05, 0) is 43.3 Å². The van der Waals surface area contributed by atoms with E-state index in [4.69, 9.17) is 9.47 Å². The number of carbonyl (C=O) groups is 1. The lowest BCUT2D eigenvalue weighted by molar-refractivity contribution is 0.262. The predicted octanol–water partition coefficient (Wildman–Crippen LogP) is 4.05. The van der Waals surface area contributed by atoms with Crippen LogP contribution < -0.4 is 20.1 Å². The van der Waals surface area contributed by atoms with E-state index in [2.05, 4.69) is 20.8 Å². The fraction of sp³-hybridized carbons (Fsp3) is 0.158. The lowest BCUT2D eigenvalue weighted by Crippen LogP contribution is -2.20. The number of urea groups is 1. The van der Waals surface area contributed by atoms with Crippen LogP contribution in [0.25, 0.3) is 11.3 Å². The highest BCUT2D eigenvalue weighted by atomic mass is 16.5. The van der Waals surface area contributed by atoms with E-state index < -0.39 is 0 Å². The maximum atomic E-state index is 12.4. The van der Waals surface area contributed by atoms with Gasteiger partial charge in [-0.3, -0.25) is 5.10 Å². The van der Waals surface area contributed by atoms with Gasteiger partial charge in [-0.25, -0.2) is 4.79 Å². The highest BCUT2D eigenvalue weighted by molar-refractivity contribution is 6.02. The summed E-state index contributed by atoms with van der Waals surface area (Å²) in [5, 5.41) is 12.9. The summed E-state index contributed by atoms with van der Waals surface area (Å²) >= 11 is 0. The molecule has 2 aromatic carbocycles. The lowest BCUT2D eigenvalue weighted by atomic mass is 10.1. The molecule has 0 bridgehead atoms. The molecule has 0 aliphatic carbocycles. The molecule has 0 fully saturated rings. The van der Waals surface area contributed by atoms with Crippen molar-refractivity contribution >= 4 is 17.4 Å². The Morgan fingerprint density at radius 2 is 1.73 bits per heavy atom. The van der Waals surface area contributed by atoms with Crippen LogP contribution in [0.4, 0.5) is 16.2 Å². The predicted molar refractivity (Wildman–Crippen MR) is 101 cm³/mol. The van der Waals surface area contributed by atoms with Crippen molar-refractivity contribution in [1.29, 1.82) is 0 Å². The third kappa shape index (κ3) is 3.77. The number of nitrogens with one attached hydrogen (secondary N) is 3. The van der Waals surface area contributed by atoms with Crippen LogP contribution >= 0.6 is 0 Å². The first kappa shape index (κ1) is 17.3. The highest BCUT2D eigenvalue weighted by Gasteiger charge is 2.15. The summed E-state index contributed by atoms with van der Waals surface area (Å²) in [5.41, 5.74) is 3.52. The number of rotatable bonds is 5. The summed E-state index contributed by atoms with van der Waals surface area (Å²) in [6, 6.07) is 14.2. The Balaban J connectivity index is 1.78. The van der Waals surface area contributed by atoms with Crippen molar-refractivity contribution in [2.75, 3.05) is 24.9 Å². The standard InChI is InChI=1S/C19H20N4O3/c1-12-17(18(23-22-12)13-5-4-6-16(11-13)26-3)21-19(24)20-14-7-9-15(25-2)10-8-14/h4-11H,1-3H3,(H,22,23)(H2,20,21,24). The average molecular weight is 352 g/mol. The average Bonchev–Trinajstić information content (AvgIpc) is 3.03. The molecule has 0 aliphatic heterocycles. The van der Waals surface area contributed by atoms with Crippen LogP contribution in [0, 0.1) is 6.92 Å². The van der Waals surface area contributed by atoms with E-state index in [1.54, 1.807) is 38.5 Å². The van der Waals surface area contributed by atoms with E-state index in [0.717, 1.165) is 22.8 Å². The normalized spacial score (nSPS) is 10.3. The van der Waals surface area contributed by atoms with Gasteiger partial charge < -0.3 is 20.1 Å². The molecule has 3 N–H and O–H groups in total. The van der Waals surface area contributed by atoms with Crippen molar-refractivity contribution in [3.63, 3.8) is 0 Å². The second-order valence-electron chi connectivity index (χ2n) is 5.61. The largest absolute Gasteiger partial charge is 0.497 e. The monoisotopic (exact) mass is 352 g/mol. The quantitative estimate of drug-likeness (QED) is 0.646. The number of benzene rings is 2. The third-order valence-corrected chi connectivity index (χ3v) is 3.88. The molecule has 26 heavy (non-hydrogen) atoms. The number of aromatic nitrogens is 2. The van der Waals surface area contributed by atoms with Crippen molar-refractivity contribution in [2.45, 2.75) is 6.92 Å². The molecule has 0 saturated carbocycles. The first-order valence-corrected chi connectivity index (χ1v) is 8.02. The van der Waals surface area contributed by atoms with Gasteiger partial charge in [0.05, 0.1) is 25.6 Å². The Labute approximate surface area is 151 Å². The summed E-state index contributed by atoms with van der Waals surface area (Å²) in [4.78, 5) is 12.4. The molecule has 134 valence electrons. The van der Waals surface area contributed by atoms with E-state index in [1.165, 1.54) is 0 Å². The molecule has 0 aliphatic rings. The van der Waals surface area contributed by atoms with Crippen LogP contribution in [0.1, 0.15) is 5.69 Å². The lowest BCUT2D eigenvalue weighted by Gasteiger charge is -2.10. The van der Waals surface area contributed by atoms with E-state index >= 15 is 0 Å². The van der Waals surface area contributed by atoms with Gasteiger partial charge >= 0.3 is 6.03 Å². The van der Waals surface area contributed by atoms with Gasteiger partial charge in [0, 0.05) is 11.3 Å². The van der Waals surface area contributed by atoms with Crippen LogP contribution in [0.3, 0.4) is 0 Å². The fourth-order valence-corrected chi connectivity index (χ4v) is 2.51. The molecular weight excluding hydrogens is 332 g/mol. The van der Waals surface area contributed by atoms with E-state index in [1.807, 2.05) is 31.2 Å². The first-order chi connectivity index (χ1) is 12.6. The first-order valence-electron chi connectivity index (χ1n) is 8.02. The minimum Gasteiger partial charge on any atom is -0.497 e. The number of aromatic amines is 1. The smallest absolute Gasteiger partial charge is 0.323 e. The van der Waals surface area contributed by atoms with E-state index in [0.29, 0.717) is 17.1 Å². The second kappa shape index (κ2) is 7.60. The van der Waals surface area contributed by atoms with Gasteiger partial charge in [0.25, 0.3) is 0 Å². The zero-order valence-corrected chi connectivity index (χ0v) is 14.8. The Morgan fingerprint density at radius 3 is 2.42 bits per heavy atom. The summed E-state index contributed by atoms with van der Waals surface area (Å²) in [6.07, 6.45) is 0. The Bertz CT molecular complexity index is 903. The number of aryl methyl sites for hydroxylation is 1. The van der Waals surface area contributed by atoms with Crippen molar-refractivity contribution < 1.29 is 14.3 Å². The summed E-state index contributed by atoms with van der Waals surface area (Å²) < 4.78 is 10.4. The van der Waals surface area contributed by atoms with Gasteiger partial charge in [0.15, 0.2) is 0 Å². The highest BCUT2D eigenvalue weighted by Crippen LogP contribution is 2.30. The van der Waals surface area contributed by atoms with Crippen molar-refractivity contribution in [3.05, 3.63) is 54.2 Å². The minimum absolute atomic E-state index is 0.358. The van der Waals surface area contributed by atoms with Gasteiger partial charge in [-0.15, -0.1) is 0 Å². The molecule has 7 nitrogen and oxygen atoms in total. The molecule has 0 radical (unpaired) electrons. The van der Waals surface area contributed by atoms with Crippen LogP contribution in [-0.2, 0) is 0 Å². The fourth-order valence-electron chi connectivity index (χ4n) is 2.51. The van der Waals surface area contributed by atoms with Crippen molar-refractivity contribution in [3.8, 4) is 22.8 Å². The van der Waals surface area contributed by atoms with E-state index in [-0.39, 0.29) is 6.03 Å². The molecule has 0 unspecified atom stereocenters. The molecule has 7 heteroatoms. The number of methoxy groups -OCH3 is 2. The third-order valence-electron chi connectivity index (χ3n) is 3.88. The Hall–Kier alpha value is -3.48. The zero-order chi connectivity index (χ0) is 18.5. The summed E-state index contributed by atoms with van der Waals surface area (Å²) in [5.74, 6) is 1.44. The van der Waals surface area contributed by atoms with Crippen molar-refractivity contribution in [2.24, 2.45) is 0 Å². The molecule has 0 atom stereocenters. The zero-order valence-electron chi connectivity index (χ0n) is 14.8. The SMILES string of the molecule is COc1ccc(NC(=O)Nc2c(-c3cccc(OC)c3)n[nH]c2C)cc1. The molecule has 1 heterocycles.